The van der Waals surface area contributed by atoms with Crippen molar-refractivity contribution < 1.29 is 55.5 Å². The molecule has 8 aromatic rings. The number of amides is 1. The molecule has 0 bridgehead atoms. The van der Waals surface area contributed by atoms with E-state index in [9.17, 15) is 46.1 Å². The fourth-order valence-electron chi connectivity index (χ4n) is 7.26. The second kappa shape index (κ2) is 24.7. The molecule has 0 unspecified atom stereocenters. The van der Waals surface area contributed by atoms with Gasteiger partial charge in [0.15, 0.2) is 5.75 Å². The van der Waals surface area contributed by atoms with Crippen LogP contribution < -0.4 is 25.0 Å². The van der Waals surface area contributed by atoms with Crippen molar-refractivity contribution >= 4 is 149 Å². The third kappa shape index (κ3) is 13.6. The Kier molecular flexibility index (Phi) is 19.0. The first-order chi connectivity index (χ1) is 35.2. The number of nitrogens with zero attached hydrogens (tertiary/aromatic N) is 5. The third-order valence-electron chi connectivity index (χ3n) is 10.8. The first-order valence-corrected chi connectivity index (χ1v) is 25.7. The number of ether oxygens (including phenoxy) is 2. The van der Waals surface area contributed by atoms with Gasteiger partial charge in [-0.1, -0.05) is 102 Å². The number of aromatic hydroxyl groups is 1. The van der Waals surface area contributed by atoms with Crippen molar-refractivity contribution in [3.63, 3.8) is 0 Å². The molecule has 0 radical (unpaired) electrons. The van der Waals surface area contributed by atoms with Gasteiger partial charge in [-0.05, 0) is 122 Å². The number of phenolic OH excluding ortho intramolecular Hbond substituents is 1. The van der Waals surface area contributed by atoms with E-state index in [0.29, 0.717) is 63.1 Å². The summed E-state index contributed by atoms with van der Waals surface area (Å²) in [5.74, 6) is -1.80. The van der Waals surface area contributed by atoms with Crippen molar-refractivity contribution in [2.75, 3.05) is 18.5 Å². The molecule has 0 fully saturated rings. The number of rotatable bonds is 14. The molecule has 0 aliphatic heterocycles. The van der Waals surface area contributed by atoms with Gasteiger partial charge in [-0.2, -0.15) is 21.9 Å². The Morgan fingerprint density at radius 2 is 1.07 bits per heavy atom. The average Bonchev–Trinajstić information content (AvgIpc) is 3.35. The van der Waals surface area contributed by atoms with Crippen LogP contribution in [0.3, 0.4) is 0 Å². The molecule has 18 nitrogen and oxygen atoms in total. The Labute approximate surface area is 470 Å². The summed E-state index contributed by atoms with van der Waals surface area (Å²) in [6, 6.07) is 34.8. The predicted octanol–water partition coefficient (Wildman–Crippen LogP) is 11.8. The summed E-state index contributed by atoms with van der Waals surface area (Å²) in [6.45, 7) is 7.51. The number of azo groups is 2. The van der Waals surface area contributed by atoms with E-state index in [1.807, 2.05) is 6.92 Å². The topological polar surface area (TPSA) is 284 Å². The minimum Gasteiger partial charge on any atom is -0.871 e. The van der Waals surface area contributed by atoms with Gasteiger partial charge in [-0.25, -0.2) is 0 Å². The molecular weight excluding hydrogens is 1080 g/mol. The normalized spacial score (nSPS) is 11.9. The average molecular weight is 1120 g/mol. The molecule has 0 spiro atoms. The van der Waals surface area contributed by atoms with Crippen molar-refractivity contribution in [1.29, 1.82) is 0 Å². The summed E-state index contributed by atoms with van der Waals surface area (Å²) in [6.07, 6.45) is 0. The zero-order valence-corrected chi connectivity index (χ0v) is 45.5. The molecule has 0 saturated heterocycles. The maximum atomic E-state index is 13.4. The molecule has 75 heavy (non-hydrogen) atoms. The molecule has 0 aromatic heterocycles. The number of aliphatic imine (C=N–C) groups is 1. The SMILES string of the molecule is CCOc1ccccc1N=C([O-])c1cc2ccccc2c(N=Nc2cc(Cl)c(C)cc2S(=O)(=O)O)c1[O-].CCOc1ccccc1NC(=O)c1cc2ccccc2c(N=Nc2cc(Cl)c(C)cc2S(=O)(=O)O)c1O.[Ca+2]. The van der Waals surface area contributed by atoms with Crippen molar-refractivity contribution in [3.8, 4) is 23.0 Å². The van der Waals surface area contributed by atoms with Crippen LogP contribution in [0.2, 0.25) is 10.0 Å². The van der Waals surface area contributed by atoms with Crippen LogP contribution >= 0.6 is 23.2 Å². The number of fused-ring (bicyclic) bond motifs is 2. The Morgan fingerprint density at radius 1 is 0.613 bits per heavy atom. The van der Waals surface area contributed by atoms with Crippen molar-refractivity contribution in [2.45, 2.75) is 37.5 Å². The number of para-hydroxylation sites is 4. The maximum Gasteiger partial charge on any atom is 2.00 e. The fraction of sp³-hybridized carbons (Fsp3) is 0.115. The van der Waals surface area contributed by atoms with Crippen LogP contribution in [0.1, 0.15) is 40.9 Å². The molecular formula is C52H42CaCl2N6O12S2. The molecule has 380 valence electrons. The minimum atomic E-state index is -4.67. The Hall–Kier alpha value is -6.72. The standard InChI is InChI=1S/2C26H22ClN3O6S.Ca/c2*1-3-36-22-11-7-6-10-20(22)28-26(32)18-13-16-8-4-5-9-17(16)24(25(18)31)30-29-21-14-19(27)15(2)12-23(21)37(33,34)35;/h2*4-14,31H,3H2,1-2H3,(H,28,32)(H,33,34,35);/q;;+2/p-2. The van der Waals surface area contributed by atoms with Gasteiger partial charge < -0.3 is 30.1 Å². The molecule has 0 aliphatic carbocycles. The Morgan fingerprint density at radius 3 is 1.61 bits per heavy atom. The molecule has 23 heteroatoms. The van der Waals surface area contributed by atoms with Crippen LogP contribution in [0.25, 0.3) is 21.5 Å². The van der Waals surface area contributed by atoms with E-state index in [2.05, 4.69) is 30.8 Å². The number of carbonyl (C=O) groups excluding carboxylic acids is 1. The summed E-state index contributed by atoms with van der Waals surface area (Å²) in [5, 5.41) is 58.6. The second-order valence-corrected chi connectivity index (χ2v) is 19.4. The zero-order valence-electron chi connectivity index (χ0n) is 40.1. The van der Waals surface area contributed by atoms with E-state index in [1.165, 1.54) is 30.3 Å². The van der Waals surface area contributed by atoms with Crippen LogP contribution in [0.15, 0.2) is 169 Å². The third-order valence-corrected chi connectivity index (χ3v) is 13.4. The van der Waals surface area contributed by atoms with E-state index in [1.54, 1.807) is 118 Å². The largest absolute Gasteiger partial charge is 2.00 e. The summed E-state index contributed by atoms with van der Waals surface area (Å²) < 4.78 is 77.9. The fourth-order valence-corrected chi connectivity index (χ4v) is 8.96. The molecule has 0 aliphatic rings. The minimum absolute atomic E-state index is 0. The van der Waals surface area contributed by atoms with Crippen LogP contribution in [-0.2, 0) is 20.2 Å². The van der Waals surface area contributed by atoms with Gasteiger partial charge in [0, 0.05) is 20.8 Å². The monoisotopic (exact) mass is 1120 g/mol. The molecule has 0 atom stereocenters. The molecule has 8 aromatic carbocycles. The zero-order chi connectivity index (χ0) is 53.5. The van der Waals surface area contributed by atoms with E-state index >= 15 is 0 Å². The number of hydrogen-bond acceptors (Lipinski definition) is 15. The maximum absolute atomic E-state index is 13.4. The number of carbonyl (C=O) groups is 1. The smallest absolute Gasteiger partial charge is 0.871 e. The van der Waals surface area contributed by atoms with Crippen LogP contribution in [0.4, 0.5) is 34.1 Å². The van der Waals surface area contributed by atoms with Crippen molar-refractivity contribution in [2.24, 2.45) is 25.4 Å². The van der Waals surface area contributed by atoms with Gasteiger partial charge in [0.2, 0.25) is 0 Å². The second-order valence-electron chi connectivity index (χ2n) is 15.9. The van der Waals surface area contributed by atoms with Gasteiger partial charge >= 0.3 is 37.7 Å². The Bertz CT molecular complexity index is 3830. The van der Waals surface area contributed by atoms with Crippen LogP contribution in [0.5, 0.6) is 23.0 Å². The Balaban J connectivity index is 0.000000241. The van der Waals surface area contributed by atoms with E-state index in [4.69, 9.17) is 32.7 Å². The first-order valence-electron chi connectivity index (χ1n) is 22.1. The molecule has 4 N–H and O–H groups in total. The van der Waals surface area contributed by atoms with Gasteiger partial charge in [0.05, 0.1) is 30.2 Å². The molecule has 0 heterocycles. The number of aryl methyl sites for hydroxylation is 2. The molecule has 0 saturated carbocycles. The summed E-state index contributed by atoms with van der Waals surface area (Å²) in [4.78, 5) is 16.3. The predicted molar refractivity (Wildman–Crippen MR) is 284 cm³/mol. The van der Waals surface area contributed by atoms with Gasteiger partial charge in [-0.3, -0.25) is 18.9 Å². The quantitative estimate of drug-likeness (QED) is 0.0260. The molecule has 1 amide bonds. The van der Waals surface area contributed by atoms with Crippen molar-refractivity contribution in [3.05, 3.63) is 166 Å². The number of anilines is 1. The number of nitrogens with one attached hydrogen (secondary N) is 1. The van der Waals surface area contributed by atoms with Gasteiger partial charge in [0.25, 0.3) is 26.1 Å². The summed E-state index contributed by atoms with van der Waals surface area (Å²) in [7, 11) is -9.31. The summed E-state index contributed by atoms with van der Waals surface area (Å²) >= 11 is 12.2. The molecule has 8 rings (SSSR count). The van der Waals surface area contributed by atoms with E-state index < -0.39 is 53.3 Å². The summed E-state index contributed by atoms with van der Waals surface area (Å²) in [5.41, 5.74) is 0.362. The van der Waals surface area contributed by atoms with E-state index in [-0.39, 0.29) is 87.3 Å². The number of phenols is 1. The number of benzene rings is 8. The van der Waals surface area contributed by atoms with Gasteiger partial charge in [-0.15, -0.1) is 15.3 Å². The number of halogens is 2. The number of hydrogen-bond donors (Lipinski definition) is 4. The van der Waals surface area contributed by atoms with E-state index in [0.717, 1.165) is 6.07 Å². The van der Waals surface area contributed by atoms with Crippen LogP contribution in [-0.4, -0.2) is 93.8 Å². The van der Waals surface area contributed by atoms with Gasteiger partial charge in [0.1, 0.15) is 44.0 Å². The first kappa shape index (κ1) is 57.6. The van der Waals surface area contributed by atoms with Crippen molar-refractivity contribution in [1.82, 2.24) is 0 Å². The van der Waals surface area contributed by atoms with Crippen LogP contribution in [0, 0.1) is 13.8 Å².